The van der Waals surface area contributed by atoms with Crippen molar-refractivity contribution < 1.29 is 14.3 Å². The number of carbonyl (C=O) groups excluding carboxylic acids is 1. The SMILES string of the molecule is CCOC(=O)CC1C(C)=CCC1CCOCc1ccccc1. The maximum absolute atomic E-state index is 11.7. The zero-order valence-electron chi connectivity index (χ0n) is 13.6. The average Bonchev–Trinajstić information content (AvgIpc) is 2.86. The van der Waals surface area contributed by atoms with Gasteiger partial charge in [0.1, 0.15) is 0 Å². The lowest BCUT2D eigenvalue weighted by atomic mass is 9.86. The first-order chi connectivity index (χ1) is 10.7. The minimum absolute atomic E-state index is 0.0858. The lowest BCUT2D eigenvalue weighted by molar-refractivity contribution is -0.144. The topological polar surface area (TPSA) is 35.5 Å². The van der Waals surface area contributed by atoms with Gasteiger partial charge < -0.3 is 9.47 Å². The van der Waals surface area contributed by atoms with Crippen molar-refractivity contribution in [2.24, 2.45) is 11.8 Å². The minimum Gasteiger partial charge on any atom is -0.466 e. The first-order valence-electron chi connectivity index (χ1n) is 8.14. The Morgan fingerprint density at radius 1 is 1.27 bits per heavy atom. The number of esters is 1. The summed E-state index contributed by atoms with van der Waals surface area (Å²) in [6.07, 6.45) is 4.79. The second-order valence-corrected chi connectivity index (χ2v) is 5.89. The molecule has 2 unspecified atom stereocenters. The first-order valence-corrected chi connectivity index (χ1v) is 8.14. The number of carbonyl (C=O) groups is 1. The summed E-state index contributed by atoms with van der Waals surface area (Å²) in [6.45, 7) is 5.82. The van der Waals surface area contributed by atoms with Gasteiger partial charge in [-0.25, -0.2) is 0 Å². The fraction of sp³-hybridized carbons (Fsp3) is 0.526. The Morgan fingerprint density at radius 3 is 2.77 bits per heavy atom. The van der Waals surface area contributed by atoms with Crippen molar-refractivity contribution in [3.05, 3.63) is 47.5 Å². The molecule has 0 saturated carbocycles. The molecular formula is C19H26O3. The highest BCUT2D eigenvalue weighted by Gasteiger charge is 2.29. The summed E-state index contributed by atoms with van der Waals surface area (Å²) in [5, 5.41) is 0. The van der Waals surface area contributed by atoms with Crippen molar-refractivity contribution in [3.8, 4) is 0 Å². The number of benzene rings is 1. The summed E-state index contributed by atoms with van der Waals surface area (Å²) in [4.78, 5) is 11.7. The molecule has 3 nitrogen and oxygen atoms in total. The summed E-state index contributed by atoms with van der Waals surface area (Å²) in [6, 6.07) is 10.2. The Kier molecular flexibility index (Phi) is 6.66. The second kappa shape index (κ2) is 8.74. The Bertz CT molecular complexity index is 493. The molecule has 0 spiro atoms. The van der Waals surface area contributed by atoms with E-state index in [9.17, 15) is 4.79 Å². The predicted octanol–water partition coefficient (Wildman–Crippen LogP) is 4.13. The molecule has 2 rings (SSSR count). The van der Waals surface area contributed by atoms with Crippen LogP contribution < -0.4 is 0 Å². The van der Waals surface area contributed by atoms with E-state index in [1.807, 2.05) is 25.1 Å². The van der Waals surface area contributed by atoms with Crippen LogP contribution in [0.5, 0.6) is 0 Å². The van der Waals surface area contributed by atoms with Crippen LogP contribution in [0, 0.1) is 11.8 Å². The molecule has 0 fully saturated rings. The fourth-order valence-electron chi connectivity index (χ4n) is 3.07. The highest BCUT2D eigenvalue weighted by molar-refractivity contribution is 5.70. The molecular weight excluding hydrogens is 276 g/mol. The third-order valence-corrected chi connectivity index (χ3v) is 4.33. The summed E-state index contributed by atoms with van der Waals surface area (Å²) in [5.74, 6) is 0.733. The molecule has 120 valence electrons. The van der Waals surface area contributed by atoms with Gasteiger partial charge in [0.2, 0.25) is 0 Å². The number of allylic oxidation sites excluding steroid dienone is 2. The van der Waals surface area contributed by atoms with E-state index < -0.39 is 0 Å². The molecule has 0 heterocycles. The van der Waals surface area contributed by atoms with Gasteiger partial charge in [-0.05, 0) is 44.1 Å². The van der Waals surface area contributed by atoms with Gasteiger partial charge in [-0.2, -0.15) is 0 Å². The molecule has 0 N–H and O–H groups in total. The van der Waals surface area contributed by atoms with Gasteiger partial charge >= 0.3 is 5.97 Å². The van der Waals surface area contributed by atoms with Crippen LogP contribution in [0.1, 0.15) is 38.7 Å². The summed E-state index contributed by atoms with van der Waals surface area (Å²) in [5.41, 5.74) is 2.52. The molecule has 0 saturated heterocycles. The van der Waals surface area contributed by atoms with Crippen molar-refractivity contribution in [1.29, 1.82) is 0 Å². The molecule has 22 heavy (non-hydrogen) atoms. The van der Waals surface area contributed by atoms with E-state index in [-0.39, 0.29) is 5.97 Å². The molecule has 0 bridgehead atoms. The highest BCUT2D eigenvalue weighted by Crippen LogP contribution is 2.36. The molecule has 0 amide bonds. The monoisotopic (exact) mass is 302 g/mol. The lowest BCUT2D eigenvalue weighted by Gasteiger charge is -2.21. The molecule has 0 radical (unpaired) electrons. The normalized spacial score (nSPS) is 20.7. The summed E-state index contributed by atoms with van der Waals surface area (Å²) in [7, 11) is 0. The van der Waals surface area contributed by atoms with Crippen LogP contribution in [0.15, 0.2) is 42.0 Å². The molecule has 0 aromatic heterocycles. The Balaban J connectivity index is 1.73. The van der Waals surface area contributed by atoms with E-state index in [1.54, 1.807) is 0 Å². The molecule has 2 atom stereocenters. The highest BCUT2D eigenvalue weighted by atomic mass is 16.5. The van der Waals surface area contributed by atoms with Crippen molar-refractivity contribution in [2.75, 3.05) is 13.2 Å². The van der Waals surface area contributed by atoms with E-state index in [0.717, 1.165) is 19.4 Å². The number of ether oxygens (including phenoxy) is 2. The van der Waals surface area contributed by atoms with E-state index in [2.05, 4.69) is 25.1 Å². The van der Waals surface area contributed by atoms with E-state index >= 15 is 0 Å². The van der Waals surface area contributed by atoms with Crippen LogP contribution in [0.2, 0.25) is 0 Å². The molecule has 0 aliphatic heterocycles. The second-order valence-electron chi connectivity index (χ2n) is 5.89. The van der Waals surface area contributed by atoms with Crippen LogP contribution in [-0.4, -0.2) is 19.2 Å². The summed E-state index contributed by atoms with van der Waals surface area (Å²) >= 11 is 0. The van der Waals surface area contributed by atoms with Crippen molar-refractivity contribution >= 4 is 5.97 Å². The first kappa shape index (κ1) is 16.8. The van der Waals surface area contributed by atoms with Crippen molar-refractivity contribution in [2.45, 2.75) is 39.7 Å². The number of hydrogen-bond acceptors (Lipinski definition) is 3. The maximum atomic E-state index is 11.7. The van der Waals surface area contributed by atoms with Gasteiger partial charge in [0.25, 0.3) is 0 Å². The van der Waals surface area contributed by atoms with Crippen LogP contribution >= 0.6 is 0 Å². The van der Waals surface area contributed by atoms with Gasteiger partial charge in [-0.1, -0.05) is 42.0 Å². The standard InChI is InChI=1S/C19H26O3/c1-3-22-19(20)13-18-15(2)9-10-17(18)11-12-21-14-16-7-5-4-6-8-16/h4-9,17-18H,3,10-14H2,1-2H3. The zero-order chi connectivity index (χ0) is 15.8. The molecule has 1 aromatic carbocycles. The smallest absolute Gasteiger partial charge is 0.306 e. The molecule has 1 aliphatic rings. The zero-order valence-corrected chi connectivity index (χ0v) is 13.6. The largest absolute Gasteiger partial charge is 0.466 e. The number of rotatable bonds is 8. The summed E-state index contributed by atoms with van der Waals surface area (Å²) < 4.78 is 10.9. The molecule has 1 aromatic rings. The van der Waals surface area contributed by atoms with Gasteiger partial charge in [0.15, 0.2) is 0 Å². The van der Waals surface area contributed by atoms with Crippen molar-refractivity contribution in [1.82, 2.24) is 0 Å². The minimum atomic E-state index is -0.0858. The third kappa shape index (κ3) is 4.99. The predicted molar refractivity (Wildman–Crippen MR) is 87.3 cm³/mol. The maximum Gasteiger partial charge on any atom is 0.306 e. The van der Waals surface area contributed by atoms with Crippen LogP contribution in [0.3, 0.4) is 0 Å². The van der Waals surface area contributed by atoms with Crippen LogP contribution in [-0.2, 0) is 20.9 Å². The van der Waals surface area contributed by atoms with Gasteiger partial charge in [-0.15, -0.1) is 0 Å². The van der Waals surface area contributed by atoms with E-state index in [4.69, 9.17) is 9.47 Å². The fourth-order valence-corrected chi connectivity index (χ4v) is 3.07. The Hall–Kier alpha value is -1.61. The Labute approximate surface area is 133 Å². The van der Waals surface area contributed by atoms with Gasteiger partial charge in [0, 0.05) is 6.61 Å². The van der Waals surface area contributed by atoms with E-state index in [0.29, 0.717) is 31.5 Å². The van der Waals surface area contributed by atoms with Crippen molar-refractivity contribution in [3.63, 3.8) is 0 Å². The van der Waals surface area contributed by atoms with Crippen LogP contribution in [0.25, 0.3) is 0 Å². The Morgan fingerprint density at radius 2 is 2.05 bits per heavy atom. The quantitative estimate of drug-likeness (QED) is 0.411. The lowest BCUT2D eigenvalue weighted by Crippen LogP contribution is -2.18. The van der Waals surface area contributed by atoms with Gasteiger partial charge in [0.05, 0.1) is 19.6 Å². The van der Waals surface area contributed by atoms with Crippen LogP contribution in [0.4, 0.5) is 0 Å². The number of hydrogen-bond donors (Lipinski definition) is 0. The van der Waals surface area contributed by atoms with Gasteiger partial charge in [-0.3, -0.25) is 4.79 Å². The third-order valence-electron chi connectivity index (χ3n) is 4.33. The molecule has 3 heteroatoms. The molecule has 1 aliphatic carbocycles. The average molecular weight is 302 g/mol. The van der Waals surface area contributed by atoms with E-state index in [1.165, 1.54) is 11.1 Å².